The molecule has 0 spiro atoms. The van der Waals surface area contributed by atoms with Crippen molar-refractivity contribution < 1.29 is 8.78 Å². The maximum Gasteiger partial charge on any atom is 0.168 e. The van der Waals surface area contributed by atoms with Crippen LogP contribution in [0.1, 0.15) is 12.8 Å². The van der Waals surface area contributed by atoms with E-state index >= 15 is 0 Å². The van der Waals surface area contributed by atoms with E-state index in [4.69, 9.17) is 0 Å². The maximum absolute atomic E-state index is 13.3. The van der Waals surface area contributed by atoms with Crippen LogP contribution in [0.4, 0.5) is 8.78 Å². The third-order valence-corrected chi connectivity index (χ3v) is 5.05. The van der Waals surface area contributed by atoms with Gasteiger partial charge in [0.25, 0.3) is 0 Å². The summed E-state index contributed by atoms with van der Waals surface area (Å²) in [4.78, 5) is 4.40. The molecule has 0 bridgehead atoms. The molecule has 2 heterocycles. The van der Waals surface area contributed by atoms with Crippen molar-refractivity contribution in [1.29, 1.82) is 0 Å². The summed E-state index contributed by atoms with van der Waals surface area (Å²) >= 11 is 1.67. The molecule has 0 saturated carbocycles. The highest BCUT2D eigenvalue weighted by Crippen LogP contribution is 2.27. The van der Waals surface area contributed by atoms with E-state index in [0.717, 1.165) is 24.0 Å². The number of thioether (sulfide) groups is 1. The molecule has 3 rings (SSSR count). The quantitative estimate of drug-likeness (QED) is 0.883. The van der Waals surface area contributed by atoms with E-state index in [1.165, 1.54) is 25.0 Å². The third-order valence-electron chi connectivity index (χ3n) is 3.79. The number of imidazole rings is 1. The standard InChI is InChI=1S/C14H17F2N3S/c1-19-13-7-11(16)10(15)6-12(13)18-14(19)20-8-9-2-4-17-5-3-9/h6-7,9,17H,2-5,8H2,1H3. The van der Waals surface area contributed by atoms with E-state index in [2.05, 4.69) is 10.3 Å². The highest BCUT2D eigenvalue weighted by molar-refractivity contribution is 7.99. The molecule has 0 aliphatic carbocycles. The smallest absolute Gasteiger partial charge is 0.168 e. The minimum Gasteiger partial charge on any atom is -0.322 e. The molecule has 0 amide bonds. The lowest BCUT2D eigenvalue weighted by molar-refractivity contribution is 0.407. The summed E-state index contributed by atoms with van der Waals surface area (Å²) in [5.74, 6) is 0.0273. The molecule has 0 radical (unpaired) electrons. The number of hydrogen-bond donors (Lipinski definition) is 1. The monoisotopic (exact) mass is 297 g/mol. The van der Waals surface area contributed by atoms with Crippen LogP contribution >= 0.6 is 11.8 Å². The predicted molar refractivity (Wildman–Crippen MR) is 76.9 cm³/mol. The van der Waals surface area contributed by atoms with Gasteiger partial charge in [-0.2, -0.15) is 0 Å². The summed E-state index contributed by atoms with van der Waals surface area (Å²) in [6, 6.07) is 2.38. The van der Waals surface area contributed by atoms with Crippen molar-refractivity contribution in [2.75, 3.05) is 18.8 Å². The Morgan fingerprint density at radius 3 is 2.75 bits per heavy atom. The van der Waals surface area contributed by atoms with Crippen LogP contribution in [-0.2, 0) is 7.05 Å². The number of aromatic nitrogens is 2. The zero-order chi connectivity index (χ0) is 14.1. The van der Waals surface area contributed by atoms with Gasteiger partial charge < -0.3 is 9.88 Å². The molecule has 0 atom stereocenters. The Labute approximate surface area is 120 Å². The molecular weight excluding hydrogens is 280 g/mol. The normalized spacial score (nSPS) is 16.9. The van der Waals surface area contributed by atoms with Gasteiger partial charge in [0.15, 0.2) is 16.8 Å². The first-order valence-corrected chi connectivity index (χ1v) is 7.78. The molecule has 1 aliphatic heterocycles. The minimum absolute atomic E-state index is 0.513. The van der Waals surface area contributed by atoms with E-state index in [-0.39, 0.29) is 0 Å². The number of hydrogen-bond acceptors (Lipinski definition) is 3. The van der Waals surface area contributed by atoms with Gasteiger partial charge in [0, 0.05) is 24.9 Å². The Morgan fingerprint density at radius 1 is 1.30 bits per heavy atom. The lowest BCUT2D eigenvalue weighted by Crippen LogP contribution is -2.28. The lowest BCUT2D eigenvalue weighted by Gasteiger charge is -2.21. The number of benzene rings is 1. The summed E-state index contributed by atoms with van der Waals surface area (Å²) in [6.07, 6.45) is 2.36. The fourth-order valence-corrected chi connectivity index (χ4v) is 3.71. The first kappa shape index (κ1) is 13.8. The van der Waals surface area contributed by atoms with Gasteiger partial charge in [-0.3, -0.25) is 0 Å². The number of nitrogens with one attached hydrogen (secondary N) is 1. The number of rotatable bonds is 3. The van der Waals surface area contributed by atoms with E-state index in [9.17, 15) is 8.78 Å². The minimum atomic E-state index is -0.842. The highest BCUT2D eigenvalue weighted by atomic mass is 32.2. The SMILES string of the molecule is Cn1c(SCC2CCNCC2)nc2cc(F)c(F)cc21. The van der Waals surface area contributed by atoms with Gasteiger partial charge in [0.1, 0.15) is 0 Å². The number of nitrogens with zero attached hydrogens (tertiary/aromatic N) is 2. The second-order valence-corrected chi connectivity index (χ2v) is 6.20. The summed E-state index contributed by atoms with van der Waals surface area (Å²) in [6.45, 7) is 2.15. The zero-order valence-corrected chi connectivity index (χ0v) is 12.1. The Bertz CT molecular complexity index is 620. The molecule has 1 fully saturated rings. The molecule has 6 heteroatoms. The number of aryl methyl sites for hydroxylation is 1. The van der Waals surface area contributed by atoms with Gasteiger partial charge in [0.2, 0.25) is 0 Å². The summed E-state index contributed by atoms with van der Waals surface area (Å²) < 4.78 is 28.3. The van der Waals surface area contributed by atoms with Gasteiger partial charge in [-0.1, -0.05) is 11.8 Å². The van der Waals surface area contributed by atoms with Crippen molar-refractivity contribution in [2.45, 2.75) is 18.0 Å². The van der Waals surface area contributed by atoms with Crippen molar-refractivity contribution in [3.8, 4) is 0 Å². The first-order chi connectivity index (χ1) is 9.65. The van der Waals surface area contributed by atoms with Crippen molar-refractivity contribution in [2.24, 2.45) is 13.0 Å². The molecule has 2 aromatic rings. The number of halogens is 2. The molecule has 108 valence electrons. The van der Waals surface area contributed by atoms with E-state index in [1.54, 1.807) is 11.8 Å². The number of fused-ring (bicyclic) bond motifs is 1. The lowest BCUT2D eigenvalue weighted by atomic mass is 10.0. The van der Waals surface area contributed by atoms with Gasteiger partial charge in [-0.25, -0.2) is 13.8 Å². The fraction of sp³-hybridized carbons (Fsp3) is 0.500. The summed E-state index contributed by atoms with van der Waals surface area (Å²) in [5.41, 5.74) is 1.15. The van der Waals surface area contributed by atoms with Gasteiger partial charge in [-0.15, -0.1) is 0 Å². The fourth-order valence-electron chi connectivity index (χ4n) is 2.53. The second kappa shape index (κ2) is 5.69. The van der Waals surface area contributed by atoms with Gasteiger partial charge in [-0.05, 0) is 31.8 Å². The second-order valence-electron chi connectivity index (χ2n) is 5.21. The van der Waals surface area contributed by atoms with E-state index < -0.39 is 11.6 Å². The third kappa shape index (κ3) is 2.67. The molecule has 20 heavy (non-hydrogen) atoms. The van der Waals surface area contributed by atoms with E-state index in [0.29, 0.717) is 17.0 Å². The Hall–Kier alpha value is -1.14. The first-order valence-electron chi connectivity index (χ1n) is 6.80. The Balaban J connectivity index is 1.79. The van der Waals surface area contributed by atoms with Crippen molar-refractivity contribution in [1.82, 2.24) is 14.9 Å². The van der Waals surface area contributed by atoms with Crippen LogP contribution in [0.15, 0.2) is 17.3 Å². The topological polar surface area (TPSA) is 29.9 Å². The summed E-state index contributed by atoms with van der Waals surface area (Å²) in [5, 5.41) is 4.17. The van der Waals surface area contributed by atoms with Crippen LogP contribution in [-0.4, -0.2) is 28.4 Å². The zero-order valence-electron chi connectivity index (χ0n) is 11.3. The highest BCUT2D eigenvalue weighted by Gasteiger charge is 2.16. The molecule has 0 unspecified atom stereocenters. The molecular formula is C14H17F2N3S. The van der Waals surface area contributed by atoms with Crippen LogP contribution in [0.5, 0.6) is 0 Å². The molecule has 1 aromatic carbocycles. The van der Waals surface area contributed by atoms with Crippen LogP contribution in [0.25, 0.3) is 11.0 Å². The summed E-state index contributed by atoms with van der Waals surface area (Å²) in [7, 11) is 1.84. The molecule has 1 saturated heterocycles. The van der Waals surface area contributed by atoms with Gasteiger partial charge >= 0.3 is 0 Å². The van der Waals surface area contributed by atoms with Crippen LogP contribution in [0.2, 0.25) is 0 Å². The Morgan fingerprint density at radius 2 is 2.00 bits per heavy atom. The van der Waals surface area contributed by atoms with Crippen LogP contribution < -0.4 is 5.32 Å². The average molecular weight is 297 g/mol. The van der Waals surface area contributed by atoms with Gasteiger partial charge in [0.05, 0.1) is 11.0 Å². The van der Waals surface area contributed by atoms with Crippen molar-refractivity contribution in [3.63, 3.8) is 0 Å². The molecule has 1 N–H and O–H groups in total. The Kier molecular flexibility index (Phi) is 3.94. The molecule has 3 nitrogen and oxygen atoms in total. The van der Waals surface area contributed by atoms with E-state index in [1.807, 2.05) is 11.6 Å². The molecule has 1 aliphatic rings. The largest absolute Gasteiger partial charge is 0.322 e. The maximum atomic E-state index is 13.3. The molecule has 1 aromatic heterocycles. The van der Waals surface area contributed by atoms with Crippen LogP contribution in [0.3, 0.4) is 0 Å². The van der Waals surface area contributed by atoms with Crippen molar-refractivity contribution >= 4 is 22.8 Å². The van der Waals surface area contributed by atoms with Crippen molar-refractivity contribution in [3.05, 3.63) is 23.8 Å². The predicted octanol–water partition coefficient (Wildman–Crippen LogP) is 2.94. The number of piperidine rings is 1. The average Bonchev–Trinajstić information content (AvgIpc) is 2.75. The van der Waals surface area contributed by atoms with Crippen LogP contribution in [0, 0.1) is 17.6 Å².